The van der Waals surface area contributed by atoms with Crippen LogP contribution in [-0.4, -0.2) is 29.9 Å². The van der Waals surface area contributed by atoms with Gasteiger partial charge in [-0.2, -0.15) is 0 Å². The summed E-state index contributed by atoms with van der Waals surface area (Å²) in [5, 5.41) is 5.74. The Labute approximate surface area is 152 Å². The zero-order valence-electron chi connectivity index (χ0n) is 14.7. The molecule has 0 aromatic heterocycles. The van der Waals surface area contributed by atoms with Gasteiger partial charge in [0.2, 0.25) is 0 Å². The molecule has 0 aliphatic carbocycles. The van der Waals surface area contributed by atoms with Crippen LogP contribution in [0.25, 0.3) is 0 Å². The number of carbonyl (C=O) groups excluding carboxylic acids is 2. The van der Waals surface area contributed by atoms with Crippen LogP contribution in [0.2, 0.25) is 0 Å². The predicted molar refractivity (Wildman–Crippen MR) is 99.3 cm³/mol. The lowest BCUT2D eigenvalue weighted by Crippen LogP contribution is -2.44. The van der Waals surface area contributed by atoms with Crippen LogP contribution >= 0.6 is 0 Å². The van der Waals surface area contributed by atoms with Gasteiger partial charge in [-0.05, 0) is 30.0 Å². The van der Waals surface area contributed by atoms with Gasteiger partial charge in [0.05, 0.1) is 23.9 Å². The molecular weight excluding hydrogens is 326 g/mol. The third-order valence-corrected chi connectivity index (χ3v) is 5.03. The van der Waals surface area contributed by atoms with E-state index in [1.807, 2.05) is 54.3 Å². The maximum atomic E-state index is 13.0. The lowest BCUT2D eigenvalue weighted by molar-refractivity contribution is -0.125. The number of benzene rings is 2. The first kappa shape index (κ1) is 16.4. The van der Waals surface area contributed by atoms with Crippen molar-refractivity contribution in [2.75, 3.05) is 13.1 Å². The zero-order valence-corrected chi connectivity index (χ0v) is 14.7. The second kappa shape index (κ2) is 6.67. The van der Waals surface area contributed by atoms with E-state index < -0.39 is 6.04 Å². The maximum absolute atomic E-state index is 13.0. The highest BCUT2D eigenvalue weighted by molar-refractivity contribution is 6.01. The first-order valence-corrected chi connectivity index (χ1v) is 8.83. The van der Waals surface area contributed by atoms with Crippen LogP contribution in [0.3, 0.4) is 0 Å². The van der Waals surface area contributed by atoms with E-state index in [4.69, 9.17) is 0 Å². The second-order valence-electron chi connectivity index (χ2n) is 6.74. The van der Waals surface area contributed by atoms with Crippen LogP contribution in [0.15, 0.2) is 65.9 Å². The molecule has 1 unspecified atom stereocenters. The van der Waals surface area contributed by atoms with E-state index in [2.05, 4.69) is 22.8 Å². The summed E-state index contributed by atoms with van der Waals surface area (Å²) >= 11 is 0. The highest BCUT2D eigenvalue weighted by Gasteiger charge is 2.40. The Balaban J connectivity index is 1.57. The molecule has 0 bridgehead atoms. The van der Waals surface area contributed by atoms with Crippen LogP contribution in [0.4, 0.5) is 4.79 Å². The Morgan fingerprint density at radius 1 is 1.04 bits per heavy atom. The Morgan fingerprint density at radius 2 is 1.77 bits per heavy atom. The number of urea groups is 1. The molecule has 3 amide bonds. The number of hydrogen-bond acceptors (Lipinski definition) is 2. The van der Waals surface area contributed by atoms with Crippen molar-refractivity contribution in [3.8, 4) is 0 Å². The number of nitrogens with one attached hydrogen (secondary N) is 2. The van der Waals surface area contributed by atoms with Crippen LogP contribution in [0.5, 0.6) is 0 Å². The van der Waals surface area contributed by atoms with Gasteiger partial charge in [-0.1, -0.05) is 54.6 Å². The fourth-order valence-corrected chi connectivity index (χ4v) is 3.66. The molecule has 5 nitrogen and oxygen atoms in total. The van der Waals surface area contributed by atoms with Crippen molar-refractivity contribution in [2.45, 2.75) is 19.4 Å². The Bertz CT molecular complexity index is 889. The first-order valence-electron chi connectivity index (χ1n) is 8.83. The summed E-state index contributed by atoms with van der Waals surface area (Å²) in [5.41, 5.74) is 4.60. The fraction of sp³-hybridized carbons (Fsp3) is 0.238. The summed E-state index contributed by atoms with van der Waals surface area (Å²) in [6.45, 7) is 3.08. The monoisotopic (exact) mass is 347 g/mol. The number of aryl methyl sites for hydroxylation is 1. The SMILES string of the molecule is Cc1ccccc1C1NC(=O)NC2=C1C(=O)N(CCc1ccccc1)C2. The van der Waals surface area contributed by atoms with Crippen LogP contribution in [-0.2, 0) is 11.2 Å². The number of nitrogens with zero attached hydrogens (tertiary/aromatic N) is 1. The molecule has 2 heterocycles. The molecule has 2 aromatic rings. The summed E-state index contributed by atoms with van der Waals surface area (Å²) in [7, 11) is 0. The van der Waals surface area contributed by atoms with Crippen molar-refractivity contribution in [3.05, 3.63) is 82.6 Å². The number of rotatable bonds is 4. The van der Waals surface area contributed by atoms with Gasteiger partial charge in [0.25, 0.3) is 5.91 Å². The van der Waals surface area contributed by atoms with Crippen LogP contribution in [0, 0.1) is 6.92 Å². The Morgan fingerprint density at radius 3 is 2.54 bits per heavy atom. The number of carbonyl (C=O) groups is 2. The van der Waals surface area contributed by atoms with Crippen molar-refractivity contribution in [1.82, 2.24) is 15.5 Å². The topological polar surface area (TPSA) is 61.4 Å². The van der Waals surface area contributed by atoms with Gasteiger partial charge in [-0.15, -0.1) is 0 Å². The molecule has 26 heavy (non-hydrogen) atoms. The van der Waals surface area contributed by atoms with Crippen LogP contribution in [0.1, 0.15) is 22.7 Å². The highest BCUT2D eigenvalue weighted by Crippen LogP contribution is 2.33. The molecule has 0 fully saturated rings. The average Bonchev–Trinajstić information content (AvgIpc) is 2.96. The van der Waals surface area contributed by atoms with Gasteiger partial charge in [0, 0.05) is 6.54 Å². The average molecular weight is 347 g/mol. The van der Waals surface area contributed by atoms with Gasteiger partial charge >= 0.3 is 6.03 Å². The standard InChI is InChI=1S/C21H21N3O2/c1-14-7-5-6-10-16(14)19-18-17(22-21(26)23-19)13-24(20(18)25)12-11-15-8-3-2-4-9-15/h2-10,19H,11-13H2,1H3,(H2,22,23,26). The van der Waals surface area contributed by atoms with E-state index in [1.165, 1.54) is 5.56 Å². The van der Waals surface area contributed by atoms with Crippen molar-refractivity contribution < 1.29 is 9.59 Å². The van der Waals surface area contributed by atoms with Gasteiger partial charge in [-0.3, -0.25) is 4.79 Å². The molecule has 2 N–H and O–H groups in total. The van der Waals surface area contributed by atoms with E-state index >= 15 is 0 Å². The lowest BCUT2D eigenvalue weighted by Gasteiger charge is -2.26. The fourth-order valence-electron chi connectivity index (χ4n) is 3.66. The smallest absolute Gasteiger partial charge is 0.319 e. The third kappa shape index (κ3) is 2.96. The summed E-state index contributed by atoms with van der Waals surface area (Å²) < 4.78 is 0. The normalized spacial score (nSPS) is 19.3. The molecule has 0 saturated heterocycles. The maximum Gasteiger partial charge on any atom is 0.319 e. The number of hydrogen-bond donors (Lipinski definition) is 2. The van der Waals surface area contributed by atoms with E-state index in [9.17, 15) is 9.59 Å². The Hall–Kier alpha value is -3.08. The summed E-state index contributed by atoms with van der Waals surface area (Å²) in [6.07, 6.45) is 0.795. The number of amides is 3. The van der Waals surface area contributed by atoms with Crippen molar-refractivity contribution in [3.63, 3.8) is 0 Å². The molecular formula is C21H21N3O2. The molecule has 0 radical (unpaired) electrons. The molecule has 0 spiro atoms. The van der Waals surface area contributed by atoms with Gasteiger partial charge in [0.15, 0.2) is 0 Å². The molecule has 5 heteroatoms. The molecule has 2 aliphatic heterocycles. The molecule has 1 atom stereocenters. The predicted octanol–water partition coefficient (Wildman–Crippen LogP) is 2.69. The van der Waals surface area contributed by atoms with Gasteiger partial charge in [-0.25, -0.2) is 4.79 Å². The van der Waals surface area contributed by atoms with Gasteiger partial charge in [0.1, 0.15) is 0 Å². The molecule has 132 valence electrons. The minimum absolute atomic E-state index is 0.00307. The summed E-state index contributed by atoms with van der Waals surface area (Å²) in [6, 6.07) is 17.3. The van der Waals surface area contributed by atoms with Gasteiger partial charge < -0.3 is 15.5 Å². The summed E-state index contributed by atoms with van der Waals surface area (Å²) in [5.74, 6) is -0.00307. The zero-order chi connectivity index (χ0) is 18.1. The minimum atomic E-state index is -0.394. The third-order valence-electron chi connectivity index (χ3n) is 5.03. The molecule has 4 rings (SSSR count). The molecule has 2 aliphatic rings. The quantitative estimate of drug-likeness (QED) is 0.893. The van der Waals surface area contributed by atoms with E-state index in [0.717, 1.165) is 23.2 Å². The largest absolute Gasteiger partial charge is 0.333 e. The molecule has 2 aromatic carbocycles. The van der Waals surface area contributed by atoms with Crippen molar-refractivity contribution >= 4 is 11.9 Å². The van der Waals surface area contributed by atoms with E-state index in [0.29, 0.717) is 18.7 Å². The van der Waals surface area contributed by atoms with Crippen molar-refractivity contribution in [1.29, 1.82) is 0 Å². The lowest BCUT2D eigenvalue weighted by atomic mass is 9.93. The Kier molecular flexibility index (Phi) is 4.21. The summed E-state index contributed by atoms with van der Waals surface area (Å²) in [4.78, 5) is 27.0. The highest BCUT2D eigenvalue weighted by atomic mass is 16.2. The molecule has 0 saturated carbocycles. The van der Waals surface area contributed by atoms with Crippen molar-refractivity contribution in [2.24, 2.45) is 0 Å². The second-order valence-corrected chi connectivity index (χ2v) is 6.74. The first-order chi connectivity index (χ1) is 12.6. The minimum Gasteiger partial charge on any atom is -0.333 e. The van der Waals surface area contributed by atoms with E-state index in [-0.39, 0.29) is 11.9 Å². The van der Waals surface area contributed by atoms with E-state index in [1.54, 1.807) is 0 Å². The van der Waals surface area contributed by atoms with Crippen LogP contribution < -0.4 is 10.6 Å².